The predicted molar refractivity (Wildman–Crippen MR) is 130 cm³/mol. The minimum atomic E-state index is -0.381. The summed E-state index contributed by atoms with van der Waals surface area (Å²) in [6.07, 6.45) is 1.03. The molecule has 174 valence electrons. The maximum Gasteiger partial charge on any atom is 0.252 e. The number of benzene rings is 3. The number of hydrogen-bond donors (Lipinski definition) is 1. The summed E-state index contributed by atoms with van der Waals surface area (Å²) >= 11 is 6.30. The molecule has 1 aliphatic rings. The Morgan fingerprint density at radius 2 is 1.86 bits per heavy atom. The number of nitrogens with zero attached hydrogens (tertiary/aromatic N) is 4. The van der Waals surface area contributed by atoms with Crippen LogP contribution in [0, 0.1) is 5.82 Å². The fraction of sp³-hybridized carbons (Fsp3) is 0.115. The normalized spacial score (nSPS) is 12.2. The van der Waals surface area contributed by atoms with E-state index in [9.17, 15) is 14.0 Å². The third-order valence-electron chi connectivity index (χ3n) is 5.73. The van der Waals surface area contributed by atoms with E-state index in [4.69, 9.17) is 11.6 Å². The van der Waals surface area contributed by atoms with Gasteiger partial charge in [-0.1, -0.05) is 41.9 Å². The van der Waals surface area contributed by atoms with Crippen LogP contribution < -0.4 is 5.32 Å². The quantitative estimate of drug-likeness (QED) is 0.413. The monoisotopic (exact) mass is 487 g/mol. The number of aliphatic imine (C=N–C) groups is 1. The molecule has 0 fully saturated rings. The zero-order valence-electron chi connectivity index (χ0n) is 18.4. The Balaban J connectivity index is 1.45. The van der Waals surface area contributed by atoms with E-state index in [1.54, 1.807) is 54.6 Å². The lowest BCUT2D eigenvalue weighted by atomic mass is 10.00. The molecular weight excluding hydrogens is 469 g/mol. The number of carbonyl (C=O) groups excluding carboxylic acids is 2. The van der Waals surface area contributed by atoms with Crippen molar-refractivity contribution < 1.29 is 14.0 Å². The van der Waals surface area contributed by atoms with Crippen molar-refractivity contribution in [3.05, 3.63) is 111 Å². The Morgan fingerprint density at radius 3 is 2.69 bits per heavy atom. The highest BCUT2D eigenvalue weighted by atomic mass is 35.5. The van der Waals surface area contributed by atoms with Crippen molar-refractivity contribution in [2.45, 2.75) is 13.0 Å². The molecule has 0 aliphatic carbocycles. The van der Waals surface area contributed by atoms with Crippen molar-refractivity contribution in [2.24, 2.45) is 4.99 Å². The van der Waals surface area contributed by atoms with E-state index in [2.05, 4.69) is 20.5 Å². The van der Waals surface area contributed by atoms with Crippen molar-refractivity contribution in [2.75, 3.05) is 6.54 Å². The van der Waals surface area contributed by atoms with Crippen LogP contribution in [0.15, 0.2) is 71.7 Å². The van der Waals surface area contributed by atoms with E-state index in [0.717, 1.165) is 5.69 Å². The number of hydrogen-bond acceptors (Lipinski definition) is 5. The second-order valence-electron chi connectivity index (χ2n) is 7.89. The molecule has 1 aliphatic heterocycles. The van der Waals surface area contributed by atoms with Crippen molar-refractivity contribution in [3.8, 4) is 5.69 Å². The van der Waals surface area contributed by atoms with Crippen molar-refractivity contribution in [3.63, 3.8) is 0 Å². The van der Waals surface area contributed by atoms with E-state index in [-0.39, 0.29) is 24.8 Å². The lowest BCUT2D eigenvalue weighted by Crippen LogP contribution is -2.27. The van der Waals surface area contributed by atoms with Gasteiger partial charge in [-0.3, -0.25) is 19.1 Å². The fourth-order valence-corrected chi connectivity index (χ4v) is 4.27. The Bertz CT molecular complexity index is 1480. The van der Waals surface area contributed by atoms with Gasteiger partial charge >= 0.3 is 0 Å². The summed E-state index contributed by atoms with van der Waals surface area (Å²) in [4.78, 5) is 28.5. The number of aldehydes is 1. The Hall–Kier alpha value is -4.17. The van der Waals surface area contributed by atoms with Crippen LogP contribution in [0.1, 0.15) is 43.5 Å². The molecule has 1 aromatic heterocycles. The molecule has 0 spiro atoms. The van der Waals surface area contributed by atoms with Crippen molar-refractivity contribution in [1.29, 1.82) is 0 Å². The molecular formula is C26H19ClFN5O2. The van der Waals surface area contributed by atoms with E-state index in [1.165, 1.54) is 6.07 Å². The summed E-state index contributed by atoms with van der Waals surface area (Å²) in [5, 5.41) is 11.9. The molecule has 3 aromatic carbocycles. The Kier molecular flexibility index (Phi) is 6.20. The molecule has 9 heteroatoms. The molecule has 1 amide bonds. The van der Waals surface area contributed by atoms with Gasteiger partial charge in [-0.2, -0.15) is 0 Å². The number of nitrogens with one attached hydrogen (secondary N) is 1. The summed E-state index contributed by atoms with van der Waals surface area (Å²) in [7, 11) is 0. The first-order chi connectivity index (χ1) is 17.1. The molecule has 0 saturated carbocycles. The molecule has 0 radical (unpaired) electrons. The van der Waals surface area contributed by atoms with Gasteiger partial charge in [0.25, 0.3) is 5.91 Å². The topological polar surface area (TPSA) is 89.2 Å². The van der Waals surface area contributed by atoms with Crippen LogP contribution in [0.25, 0.3) is 5.69 Å². The lowest BCUT2D eigenvalue weighted by molar-refractivity contribution is 0.0948. The number of halogens is 2. The summed E-state index contributed by atoms with van der Waals surface area (Å²) in [6, 6.07) is 18.4. The number of rotatable bonds is 6. The first-order valence-electron chi connectivity index (χ1n) is 10.9. The van der Waals surface area contributed by atoms with E-state index >= 15 is 0 Å². The van der Waals surface area contributed by atoms with Gasteiger partial charge in [0, 0.05) is 40.2 Å². The molecule has 7 nitrogen and oxygen atoms in total. The van der Waals surface area contributed by atoms with Gasteiger partial charge in [0.15, 0.2) is 12.1 Å². The minimum absolute atomic E-state index is 0.196. The lowest BCUT2D eigenvalue weighted by Gasteiger charge is -2.14. The van der Waals surface area contributed by atoms with E-state index in [1.807, 2.05) is 10.6 Å². The van der Waals surface area contributed by atoms with Gasteiger partial charge < -0.3 is 5.32 Å². The van der Waals surface area contributed by atoms with Gasteiger partial charge in [-0.25, -0.2) is 4.39 Å². The molecule has 5 rings (SSSR count). The maximum absolute atomic E-state index is 14.7. The SMILES string of the molecule is O=Cc1ccccc1C(=O)NCCc1nnc2n1-c1ccc(Cl)cc1C(c1ccccc1F)=NC2. The highest BCUT2D eigenvalue weighted by molar-refractivity contribution is 6.31. The highest BCUT2D eigenvalue weighted by Gasteiger charge is 2.24. The first-order valence-corrected chi connectivity index (χ1v) is 11.3. The summed E-state index contributed by atoms with van der Waals surface area (Å²) < 4.78 is 16.5. The van der Waals surface area contributed by atoms with E-state index in [0.29, 0.717) is 57.3 Å². The number of amides is 1. The molecule has 35 heavy (non-hydrogen) atoms. The van der Waals surface area contributed by atoms with Gasteiger partial charge in [0.1, 0.15) is 18.2 Å². The molecule has 0 bridgehead atoms. The summed E-state index contributed by atoms with van der Waals surface area (Å²) in [5.74, 6) is 0.471. The van der Waals surface area contributed by atoms with Crippen LogP contribution in [0.5, 0.6) is 0 Å². The third kappa shape index (κ3) is 4.36. The number of fused-ring (bicyclic) bond motifs is 3. The standard InChI is InChI=1S/C26H19ClFN5O2/c27-17-9-10-22-20(13-17)25(19-7-3-4-8-21(19)28)30-14-24-32-31-23(33(22)24)11-12-29-26(35)18-6-2-1-5-16(18)15-34/h1-10,13,15H,11-12,14H2,(H,29,35). The molecule has 0 unspecified atom stereocenters. The van der Waals surface area contributed by atoms with Crippen molar-refractivity contribution in [1.82, 2.24) is 20.1 Å². The molecule has 1 N–H and O–H groups in total. The molecule has 2 heterocycles. The van der Waals surface area contributed by atoms with Crippen LogP contribution in [0.4, 0.5) is 4.39 Å². The molecule has 4 aromatic rings. The highest BCUT2D eigenvalue weighted by Crippen LogP contribution is 2.29. The van der Waals surface area contributed by atoms with Crippen molar-refractivity contribution >= 4 is 29.5 Å². The van der Waals surface area contributed by atoms with Crippen LogP contribution in [0.3, 0.4) is 0 Å². The first kappa shape index (κ1) is 22.6. The van der Waals surface area contributed by atoms with Gasteiger partial charge in [0.2, 0.25) is 0 Å². The largest absolute Gasteiger partial charge is 0.352 e. The third-order valence-corrected chi connectivity index (χ3v) is 5.96. The van der Waals surface area contributed by atoms with Crippen LogP contribution in [-0.2, 0) is 13.0 Å². The van der Waals surface area contributed by atoms with Crippen LogP contribution in [0.2, 0.25) is 5.02 Å². The Morgan fingerprint density at radius 1 is 1.06 bits per heavy atom. The smallest absolute Gasteiger partial charge is 0.252 e. The zero-order valence-corrected chi connectivity index (χ0v) is 19.2. The van der Waals surface area contributed by atoms with Gasteiger partial charge in [0.05, 0.1) is 11.4 Å². The van der Waals surface area contributed by atoms with Gasteiger partial charge in [-0.15, -0.1) is 10.2 Å². The van der Waals surface area contributed by atoms with Crippen LogP contribution >= 0.6 is 11.6 Å². The second-order valence-corrected chi connectivity index (χ2v) is 8.32. The van der Waals surface area contributed by atoms with E-state index < -0.39 is 0 Å². The zero-order chi connectivity index (χ0) is 24.4. The molecule has 0 atom stereocenters. The summed E-state index contributed by atoms with van der Waals surface area (Å²) in [5.41, 5.74) is 2.87. The molecule has 0 saturated heterocycles. The minimum Gasteiger partial charge on any atom is -0.352 e. The number of aromatic nitrogens is 3. The predicted octanol–water partition coefficient (Wildman–Crippen LogP) is 4.20. The average Bonchev–Trinajstić information content (AvgIpc) is 3.20. The summed E-state index contributed by atoms with van der Waals surface area (Å²) in [6.45, 7) is 0.468. The van der Waals surface area contributed by atoms with Crippen LogP contribution in [-0.4, -0.2) is 39.2 Å². The second kappa shape index (κ2) is 9.60. The maximum atomic E-state index is 14.7. The van der Waals surface area contributed by atoms with Gasteiger partial charge in [-0.05, 0) is 36.4 Å². The average molecular weight is 488 g/mol. The fourth-order valence-electron chi connectivity index (χ4n) is 4.10. The number of carbonyl (C=O) groups is 2. The Labute approximate surface area is 205 Å².